The van der Waals surface area contributed by atoms with E-state index in [1.54, 1.807) is 4.90 Å². The van der Waals surface area contributed by atoms with Crippen molar-refractivity contribution in [1.29, 1.82) is 0 Å². The molecule has 1 heterocycles. The maximum atomic E-state index is 13.9. The largest absolute Gasteiger partial charge is 0.478 e. The number of likely N-dealkylation sites (N-methyl/N-ethyl adjacent to an activating group) is 1. The number of hydrogen-bond acceptors (Lipinski definition) is 3. The van der Waals surface area contributed by atoms with Crippen molar-refractivity contribution in [1.82, 2.24) is 4.90 Å². The van der Waals surface area contributed by atoms with Gasteiger partial charge < -0.3 is 14.9 Å². The van der Waals surface area contributed by atoms with E-state index in [2.05, 4.69) is 0 Å². The fourth-order valence-corrected chi connectivity index (χ4v) is 2.33. The van der Waals surface area contributed by atoms with E-state index < -0.39 is 23.2 Å². The van der Waals surface area contributed by atoms with Gasteiger partial charge in [-0.05, 0) is 32.6 Å². The summed E-state index contributed by atoms with van der Waals surface area (Å²) in [5.74, 6) is -3.84. The summed E-state index contributed by atoms with van der Waals surface area (Å²) >= 11 is 0. The molecule has 2 rings (SSSR count). The van der Waals surface area contributed by atoms with E-state index in [9.17, 15) is 13.6 Å². The molecule has 1 aromatic rings. The Morgan fingerprint density at radius 2 is 2.05 bits per heavy atom. The van der Waals surface area contributed by atoms with Gasteiger partial charge in [0.15, 0.2) is 11.6 Å². The topological polar surface area (TPSA) is 43.8 Å². The van der Waals surface area contributed by atoms with Crippen LogP contribution in [-0.4, -0.2) is 49.2 Å². The van der Waals surface area contributed by atoms with E-state index in [4.69, 9.17) is 5.11 Å². The van der Waals surface area contributed by atoms with Crippen molar-refractivity contribution in [3.63, 3.8) is 0 Å². The van der Waals surface area contributed by atoms with Gasteiger partial charge in [-0.2, -0.15) is 0 Å². The molecule has 19 heavy (non-hydrogen) atoms. The highest BCUT2D eigenvalue weighted by Crippen LogP contribution is 2.28. The van der Waals surface area contributed by atoms with Crippen LogP contribution in [-0.2, 0) is 0 Å². The molecule has 1 aliphatic heterocycles. The van der Waals surface area contributed by atoms with Gasteiger partial charge in [-0.15, -0.1) is 0 Å². The molecule has 1 aromatic carbocycles. The summed E-state index contributed by atoms with van der Waals surface area (Å²) in [6.45, 7) is 1.24. The number of aromatic carboxylic acids is 1. The summed E-state index contributed by atoms with van der Waals surface area (Å²) in [5.41, 5.74) is -0.503. The highest BCUT2D eigenvalue weighted by atomic mass is 19.2. The number of carbonyl (C=O) groups is 1. The van der Waals surface area contributed by atoms with Crippen LogP contribution < -0.4 is 4.90 Å². The first-order valence-electron chi connectivity index (χ1n) is 6.04. The number of carboxylic acid groups (broad SMARTS) is 1. The molecule has 4 nitrogen and oxygen atoms in total. The first kappa shape index (κ1) is 13.7. The summed E-state index contributed by atoms with van der Waals surface area (Å²) in [6, 6.07) is 2.74. The summed E-state index contributed by atoms with van der Waals surface area (Å²) in [5, 5.41) is 8.73. The van der Waals surface area contributed by atoms with Gasteiger partial charge in [-0.25, -0.2) is 13.6 Å². The average Bonchev–Trinajstić information content (AvgIpc) is 2.81. The van der Waals surface area contributed by atoms with Crippen LogP contribution in [0.25, 0.3) is 0 Å². The standard InChI is InChI=1S/C13H16F2N2O2/c1-16(2)8-5-6-17(7-8)10-4-3-9(13(18)19)11(14)12(10)15/h3-4,8H,5-7H2,1-2H3,(H,18,19). The molecule has 1 fully saturated rings. The number of nitrogens with zero attached hydrogens (tertiary/aromatic N) is 2. The summed E-state index contributed by atoms with van der Waals surface area (Å²) in [6.07, 6.45) is 0.870. The van der Waals surface area contributed by atoms with Crippen LogP contribution in [0.3, 0.4) is 0 Å². The van der Waals surface area contributed by atoms with Gasteiger partial charge in [0.2, 0.25) is 0 Å². The molecule has 0 aromatic heterocycles. The van der Waals surface area contributed by atoms with E-state index in [0.717, 1.165) is 12.5 Å². The zero-order valence-electron chi connectivity index (χ0n) is 10.9. The Hall–Kier alpha value is -1.69. The van der Waals surface area contributed by atoms with Gasteiger partial charge in [0.05, 0.1) is 11.3 Å². The predicted molar refractivity (Wildman–Crippen MR) is 67.6 cm³/mol. The van der Waals surface area contributed by atoms with Crippen LogP contribution in [0.2, 0.25) is 0 Å². The Labute approximate surface area is 110 Å². The first-order chi connectivity index (χ1) is 8.91. The van der Waals surface area contributed by atoms with Crippen LogP contribution in [0, 0.1) is 11.6 Å². The maximum Gasteiger partial charge on any atom is 0.338 e. The lowest BCUT2D eigenvalue weighted by Gasteiger charge is -2.22. The Bertz CT molecular complexity index is 506. The minimum absolute atomic E-state index is 0.131. The molecular weight excluding hydrogens is 254 g/mol. The molecule has 1 atom stereocenters. The molecule has 0 saturated carbocycles. The van der Waals surface area contributed by atoms with Crippen LogP contribution >= 0.6 is 0 Å². The molecule has 0 amide bonds. The molecule has 0 aliphatic carbocycles. The van der Waals surface area contributed by atoms with Crippen molar-refractivity contribution in [2.75, 3.05) is 32.1 Å². The second-order valence-electron chi connectivity index (χ2n) is 4.92. The van der Waals surface area contributed by atoms with Crippen LogP contribution in [0.4, 0.5) is 14.5 Å². The molecule has 1 unspecified atom stereocenters. The zero-order valence-corrected chi connectivity index (χ0v) is 10.9. The van der Waals surface area contributed by atoms with E-state index in [1.165, 1.54) is 6.07 Å². The lowest BCUT2D eigenvalue weighted by atomic mass is 10.1. The van der Waals surface area contributed by atoms with E-state index in [1.807, 2.05) is 19.0 Å². The minimum Gasteiger partial charge on any atom is -0.478 e. The third-order valence-electron chi connectivity index (χ3n) is 3.53. The summed E-state index contributed by atoms with van der Waals surface area (Å²) in [4.78, 5) is 14.5. The normalized spacial score (nSPS) is 19.2. The Morgan fingerprint density at radius 1 is 1.37 bits per heavy atom. The minimum atomic E-state index is -1.46. The Morgan fingerprint density at radius 3 is 2.58 bits per heavy atom. The number of carboxylic acids is 1. The number of rotatable bonds is 3. The fraction of sp³-hybridized carbons (Fsp3) is 0.462. The monoisotopic (exact) mass is 270 g/mol. The molecular formula is C13H16F2N2O2. The average molecular weight is 270 g/mol. The molecule has 0 spiro atoms. The third kappa shape index (κ3) is 2.53. The van der Waals surface area contributed by atoms with Crippen molar-refractivity contribution < 1.29 is 18.7 Å². The number of halogens is 2. The van der Waals surface area contributed by atoms with E-state index in [0.29, 0.717) is 19.1 Å². The van der Waals surface area contributed by atoms with Gasteiger partial charge >= 0.3 is 5.97 Å². The molecule has 6 heteroatoms. The summed E-state index contributed by atoms with van der Waals surface area (Å²) in [7, 11) is 3.89. The predicted octanol–water partition coefficient (Wildman–Crippen LogP) is 1.80. The molecule has 0 radical (unpaired) electrons. The fourth-order valence-electron chi connectivity index (χ4n) is 2.33. The molecule has 1 aliphatic rings. The van der Waals surface area contributed by atoms with E-state index >= 15 is 0 Å². The molecule has 104 valence electrons. The lowest BCUT2D eigenvalue weighted by Crippen LogP contribution is -2.31. The highest BCUT2D eigenvalue weighted by Gasteiger charge is 2.28. The van der Waals surface area contributed by atoms with Crippen molar-refractivity contribution in [3.8, 4) is 0 Å². The molecule has 1 saturated heterocycles. The van der Waals surface area contributed by atoms with Crippen LogP contribution in [0.1, 0.15) is 16.8 Å². The Kier molecular flexibility index (Phi) is 3.71. The highest BCUT2D eigenvalue weighted by molar-refractivity contribution is 5.88. The van der Waals surface area contributed by atoms with Crippen LogP contribution in [0.15, 0.2) is 12.1 Å². The lowest BCUT2D eigenvalue weighted by molar-refractivity contribution is 0.0690. The van der Waals surface area contributed by atoms with Crippen molar-refractivity contribution in [3.05, 3.63) is 29.3 Å². The van der Waals surface area contributed by atoms with Gasteiger partial charge in [0, 0.05) is 19.1 Å². The number of hydrogen-bond donors (Lipinski definition) is 1. The third-order valence-corrected chi connectivity index (χ3v) is 3.53. The van der Waals surface area contributed by atoms with E-state index in [-0.39, 0.29) is 5.69 Å². The van der Waals surface area contributed by atoms with Gasteiger partial charge in [0.1, 0.15) is 0 Å². The van der Waals surface area contributed by atoms with Crippen molar-refractivity contribution >= 4 is 11.7 Å². The van der Waals surface area contributed by atoms with Crippen molar-refractivity contribution in [2.45, 2.75) is 12.5 Å². The quantitative estimate of drug-likeness (QED) is 0.909. The second kappa shape index (κ2) is 5.13. The second-order valence-corrected chi connectivity index (χ2v) is 4.92. The number of anilines is 1. The van der Waals surface area contributed by atoms with Gasteiger partial charge in [-0.3, -0.25) is 0 Å². The SMILES string of the molecule is CN(C)C1CCN(c2ccc(C(=O)O)c(F)c2F)C1. The zero-order chi connectivity index (χ0) is 14.2. The smallest absolute Gasteiger partial charge is 0.338 e. The first-order valence-corrected chi connectivity index (χ1v) is 6.04. The summed E-state index contributed by atoms with van der Waals surface area (Å²) < 4.78 is 27.5. The van der Waals surface area contributed by atoms with Gasteiger partial charge in [-0.1, -0.05) is 0 Å². The molecule has 0 bridgehead atoms. The van der Waals surface area contributed by atoms with Crippen molar-refractivity contribution in [2.24, 2.45) is 0 Å². The number of benzene rings is 1. The Balaban J connectivity index is 2.28. The maximum absolute atomic E-state index is 13.9. The van der Waals surface area contributed by atoms with Gasteiger partial charge in [0.25, 0.3) is 0 Å². The molecule has 1 N–H and O–H groups in total. The van der Waals surface area contributed by atoms with Crippen LogP contribution in [0.5, 0.6) is 0 Å².